The van der Waals surface area contributed by atoms with Crippen LogP contribution in [0.1, 0.15) is 0 Å². The SMILES string of the molecule is c1ccc([Si]2(c3ccccc3)c3ccccc3N(c3ccc4c5ncccc5n(-c5cccnc5)c4c3)c3ccccc32)cc1. The minimum Gasteiger partial charge on any atom is -0.311 e. The molecule has 0 N–H and O–H groups in total. The smallest absolute Gasteiger partial charge is 0.184 e. The van der Waals surface area contributed by atoms with Crippen LogP contribution in [0.4, 0.5) is 17.1 Å². The zero-order valence-electron chi connectivity index (χ0n) is 24.5. The van der Waals surface area contributed by atoms with Gasteiger partial charge in [-0.3, -0.25) is 9.97 Å². The Kier molecular flexibility index (Phi) is 5.79. The summed E-state index contributed by atoms with van der Waals surface area (Å²) in [5, 5.41) is 6.66. The second kappa shape index (κ2) is 10.1. The predicted octanol–water partition coefficient (Wildman–Crippen LogP) is 6.73. The molecular weight excluding hydrogens is 565 g/mol. The van der Waals surface area contributed by atoms with E-state index in [-0.39, 0.29) is 0 Å². The molecule has 0 saturated heterocycles. The number of hydrogen-bond donors (Lipinski definition) is 0. The van der Waals surface area contributed by atoms with E-state index in [0.29, 0.717) is 0 Å². The van der Waals surface area contributed by atoms with Crippen LogP contribution in [0.25, 0.3) is 27.6 Å². The first-order chi connectivity index (χ1) is 22.4. The van der Waals surface area contributed by atoms with E-state index >= 15 is 0 Å². The minimum absolute atomic E-state index is 0.988. The van der Waals surface area contributed by atoms with Gasteiger partial charge in [0, 0.05) is 34.8 Å². The number of hydrogen-bond acceptors (Lipinski definition) is 3. The number of nitrogens with zero attached hydrogens (tertiary/aromatic N) is 4. The van der Waals surface area contributed by atoms with Crippen molar-refractivity contribution in [3.8, 4) is 5.69 Å². The molecule has 8 aromatic rings. The number of fused-ring (bicyclic) bond motifs is 5. The zero-order chi connectivity index (χ0) is 29.8. The fourth-order valence-electron chi connectivity index (χ4n) is 7.41. The summed E-state index contributed by atoms with van der Waals surface area (Å²) in [5.41, 5.74) is 7.72. The maximum Gasteiger partial charge on any atom is 0.184 e. The molecule has 0 fully saturated rings. The number of benzene rings is 5. The summed E-state index contributed by atoms with van der Waals surface area (Å²) in [5.74, 6) is 0. The van der Waals surface area contributed by atoms with E-state index in [1.165, 1.54) is 32.1 Å². The molecule has 212 valence electrons. The average molecular weight is 593 g/mol. The first-order valence-electron chi connectivity index (χ1n) is 15.3. The zero-order valence-corrected chi connectivity index (χ0v) is 25.5. The summed E-state index contributed by atoms with van der Waals surface area (Å²) >= 11 is 0. The Morgan fingerprint density at radius 1 is 0.489 bits per heavy atom. The van der Waals surface area contributed by atoms with Crippen molar-refractivity contribution in [2.45, 2.75) is 0 Å². The molecule has 4 heterocycles. The Bertz CT molecular complexity index is 2240. The van der Waals surface area contributed by atoms with Crippen LogP contribution in [0.15, 0.2) is 170 Å². The molecule has 0 bridgehead atoms. The van der Waals surface area contributed by atoms with Gasteiger partial charge < -0.3 is 9.47 Å². The standard InChI is InChI=1S/C40H28N4Si/c1-3-14-31(15-4-1)45(32-16-5-2-6-17-32)38-21-9-7-18-34(38)43(35-19-8-10-22-39(35)45)29-23-24-33-37(27-29)44(30-13-11-25-41-28-30)36-20-12-26-42-40(33)36/h1-28H. The van der Waals surface area contributed by atoms with Crippen LogP contribution in [0.2, 0.25) is 0 Å². The van der Waals surface area contributed by atoms with Gasteiger partial charge in [0.05, 0.1) is 28.4 Å². The monoisotopic (exact) mass is 592 g/mol. The van der Waals surface area contributed by atoms with Gasteiger partial charge >= 0.3 is 0 Å². The predicted molar refractivity (Wildman–Crippen MR) is 188 cm³/mol. The van der Waals surface area contributed by atoms with Gasteiger partial charge in [-0.1, -0.05) is 97.1 Å². The summed E-state index contributed by atoms with van der Waals surface area (Å²) in [6.07, 6.45) is 5.61. The largest absolute Gasteiger partial charge is 0.311 e. The third-order valence-corrected chi connectivity index (χ3v) is 14.0. The van der Waals surface area contributed by atoms with Crippen molar-refractivity contribution in [1.29, 1.82) is 0 Å². The maximum atomic E-state index is 4.81. The summed E-state index contributed by atoms with van der Waals surface area (Å²) in [7, 11) is -2.66. The molecule has 0 spiro atoms. The van der Waals surface area contributed by atoms with Gasteiger partial charge in [0.2, 0.25) is 0 Å². The lowest BCUT2D eigenvalue weighted by Gasteiger charge is -2.45. The molecule has 0 aliphatic carbocycles. The Balaban J connectivity index is 1.36. The first-order valence-corrected chi connectivity index (χ1v) is 17.3. The molecule has 0 saturated carbocycles. The highest BCUT2D eigenvalue weighted by Gasteiger charge is 2.48. The summed E-state index contributed by atoms with van der Waals surface area (Å²) in [4.78, 5) is 11.7. The fourth-order valence-corrected chi connectivity index (χ4v) is 12.5. The van der Waals surface area contributed by atoms with Gasteiger partial charge in [0.15, 0.2) is 8.07 Å². The van der Waals surface area contributed by atoms with Crippen molar-refractivity contribution in [2.24, 2.45) is 0 Å². The first kappa shape index (κ1) is 25.7. The van der Waals surface area contributed by atoms with E-state index in [1.807, 2.05) is 30.7 Å². The van der Waals surface area contributed by atoms with E-state index in [1.54, 1.807) is 0 Å². The van der Waals surface area contributed by atoms with E-state index in [0.717, 1.165) is 33.3 Å². The Hall–Kier alpha value is -5.78. The van der Waals surface area contributed by atoms with Crippen LogP contribution in [0.5, 0.6) is 0 Å². The third kappa shape index (κ3) is 3.71. The average Bonchev–Trinajstić information content (AvgIpc) is 3.45. The molecule has 0 atom stereocenters. The number of pyridine rings is 2. The van der Waals surface area contributed by atoms with Crippen molar-refractivity contribution < 1.29 is 0 Å². The van der Waals surface area contributed by atoms with Crippen molar-refractivity contribution in [3.05, 3.63) is 170 Å². The number of rotatable bonds is 4. The van der Waals surface area contributed by atoms with E-state index < -0.39 is 8.07 Å². The van der Waals surface area contributed by atoms with Crippen molar-refractivity contribution in [3.63, 3.8) is 0 Å². The molecule has 0 radical (unpaired) electrons. The highest BCUT2D eigenvalue weighted by molar-refractivity contribution is 7.21. The van der Waals surface area contributed by atoms with Gasteiger partial charge in [-0.15, -0.1) is 0 Å². The number of aromatic nitrogens is 3. The minimum atomic E-state index is -2.66. The maximum absolute atomic E-state index is 4.81. The molecular formula is C40H28N4Si. The van der Waals surface area contributed by atoms with Gasteiger partial charge in [-0.25, -0.2) is 0 Å². The van der Waals surface area contributed by atoms with Gasteiger partial charge in [-0.2, -0.15) is 0 Å². The molecule has 3 aromatic heterocycles. The molecule has 1 aliphatic rings. The van der Waals surface area contributed by atoms with Crippen LogP contribution >= 0.6 is 0 Å². The fraction of sp³-hybridized carbons (Fsp3) is 0. The topological polar surface area (TPSA) is 34.0 Å². The quantitative estimate of drug-likeness (QED) is 0.213. The van der Waals surface area contributed by atoms with Gasteiger partial charge in [0.1, 0.15) is 0 Å². The highest BCUT2D eigenvalue weighted by Crippen LogP contribution is 2.41. The molecule has 0 unspecified atom stereocenters. The summed E-state index contributed by atoms with van der Waals surface area (Å²) < 4.78 is 2.28. The number of para-hydroxylation sites is 2. The molecule has 9 rings (SSSR count). The van der Waals surface area contributed by atoms with Crippen molar-refractivity contribution in [2.75, 3.05) is 4.90 Å². The second-order valence-electron chi connectivity index (χ2n) is 11.5. The second-order valence-corrected chi connectivity index (χ2v) is 15.2. The normalized spacial score (nSPS) is 13.5. The van der Waals surface area contributed by atoms with E-state index in [4.69, 9.17) is 4.98 Å². The number of anilines is 3. The molecule has 0 amide bonds. The molecule has 5 aromatic carbocycles. The third-order valence-electron chi connectivity index (χ3n) is 9.18. The Morgan fingerprint density at radius 3 is 1.76 bits per heavy atom. The molecule has 4 nitrogen and oxygen atoms in total. The van der Waals surface area contributed by atoms with Crippen LogP contribution in [-0.2, 0) is 0 Å². The molecule has 45 heavy (non-hydrogen) atoms. The van der Waals surface area contributed by atoms with E-state index in [2.05, 4.69) is 154 Å². The van der Waals surface area contributed by atoms with Crippen LogP contribution in [-0.4, -0.2) is 22.6 Å². The summed E-state index contributed by atoms with van der Waals surface area (Å²) in [6.45, 7) is 0. The van der Waals surface area contributed by atoms with Crippen LogP contribution in [0, 0.1) is 0 Å². The lowest BCUT2D eigenvalue weighted by molar-refractivity contribution is 1.14. The molecule has 5 heteroatoms. The van der Waals surface area contributed by atoms with Crippen LogP contribution < -0.4 is 25.6 Å². The van der Waals surface area contributed by atoms with Crippen LogP contribution in [0.3, 0.4) is 0 Å². The van der Waals surface area contributed by atoms with Crippen molar-refractivity contribution in [1.82, 2.24) is 14.5 Å². The van der Waals surface area contributed by atoms with E-state index in [9.17, 15) is 0 Å². The van der Waals surface area contributed by atoms with Crippen molar-refractivity contribution >= 4 is 67.8 Å². The molecule has 1 aliphatic heterocycles. The van der Waals surface area contributed by atoms with Gasteiger partial charge in [-0.05, 0) is 75.3 Å². The lowest BCUT2D eigenvalue weighted by atomic mass is 10.1. The summed E-state index contributed by atoms with van der Waals surface area (Å²) in [6, 6.07) is 55.4. The highest BCUT2D eigenvalue weighted by atomic mass is 28.3. The lowest BCUT2D eigenvalue weighted by Crippen LogP contribution is -2.77. The van der Waals surface area contributed by atoms with Gasteiger partial charge in [0.25, 0.3) is 0 Å². The Labute approximate surface area is 262 Å². The Morgan fingerprint density at radius 2 is 1.11 bits per heavy atom.